The van der Waals surface area contributed by atoms with E-state index in [-0.39, 0.29) is 17.4 Å². The lowest BCUT2D eigenvalue weighted by atomic mass is 9.84. The van der Waals surface area contributed by atoms with Crippen molar-refractivity contribution >= 4 is 5.91 Å². The van der Waals surface area contributed by atoms with Crippen molar-refractivity contribution in [3.05, 3.63) is 57.3 Å². The first-order valence-electron chi connectivity index (χ1n) is 11.4. The van der Waals surface area contributed by atoms with Gasteiger partial charge in [-0.05, 0) is 43.4 Å². The van der Waals surface area contributed by atoms with Gasteiger partial charge in [0.15, 0.2) is 0 Å². The van der Waals surface area contributed by atoms with Gasteiger partial charge in [-0.2, -0.15) is 0 Å². The zero-order chi connectivity index (χ0) is 21.4. The number of methoxy groups -OCH3 is 1. The van der Waals surface area contributed by atoms with E-state index in [0.29, 0.717) is 25.4 Å². The first-order valence-corrected chi connectivity index (χ1v) is 11.4. The summed E-state index contributed by atoms with van der Waals surface area (Å²) in [4.78, 5) is 37.6. The molecule has 1 aliphatic carbocycles. The second-order valence-corrected chi connectivity index (χ2v) is 9.08. The van der Waals surface area contributed by atoms with Crippen LogP contribution in [-0.2, 0) is 24.3 Å². The summed E-state index contributed by atoms with van der Waals surface area (Å²) in [5.41, 5.74) is 2.92. The zero-order valence-corrected chi connectivity index (χ0v) is 18.1. The fourth-order valence-corrected chi connectivity index (χ4v) is 4.93. The van der Waals surface area contributed by atoms with Gasteiger partial charge in [-0.25, -0.2) is 4.98 Å². The standard InChI is InChI=1S/C24H30N4O3/c1-31-19-7-5-16(6-8-19)13-27-11-10-20-21(15-27)25-22(26-23(20)29)18-9-12-28(14-18)24(30)17-3-2-4-17/h5-8,17-18H,2-4,9-15H2,1H3,(H,25,26,29)/t18-/m1/s1. The van der Waals surface area contributed by atoms with E-state index >= 15 is 0 Å². The Balaban J connectivity index is 1.28. The molecule has 3 heterocycles. The topological polar surface area (TPSA) is 78.5 Å². The molecule has 1 aromatic heterocycles. The molecule has 7 heteroatoms. The molecule has 0 radical (unpaired) electrons. The first kappa shape index (κ1) is 20.2. The number of ether oxygens (including phenoxy) is 1. The Morgan fingerprint density at radius 3 is 2.71 bits per heavy atom. The summed E-state index contributed by atoms with van der Waals surface area (Å²) in [6, 6.07) is 8.12. The number of hydrogen-bond donors (Lipinski definition) is 1. The number of aromatic amines is 1. The molecule has 2 aromatic rings. The van der Waals surface area contributed by atoms with Crippen molar-refractivity contribution in [2.75, 3.05) is 26.7 Å². The van der Waals surface area contributed by atoms with Crippen LogP contribution in [0.4, 0.5) is 0 Å². The average Bonchev–Trinajstić information content (AvgIpc) is 3.23. The number of benzene rings is 1. The third-order valence-electron chi connectivity index (χ3n) is 7.08. The second-order valence-electron chi connectivity index (χ2n) is 9.08. The largest absolute Gasteiger partial charge is 0.497 e. The minimum Gasteiger partial charge on any atom is -0.497 e. The van der Waals surface area contributed by atoms with Crippen LogP contribution >= 0.6 is 0 Å². The molecule has 3 aliphatic rings. The molecule has 7 nitrogen and oxygen atoms in total. The van der Waals surface area contributed by atoms with Gasteiger partial charge >= 0.3 is 0 Å². The van der Waals surface area contributed by atoms with Gasteiger partial charge in [0.25, 0.3) is 5.56 Å². The van der Waals surface area contributed by atoms with Gasteiger partial charge in [0.05, 0.1) is 12.8 Å². The van der Waals surface area contributed by atoms with E-state index in [1.54, 1.807) is 7.11 Å². The van der Waals surface area contributed by atoms with Crippen LogP contribution in [0.5, 0.6) is 5.75 Å². The van der Waals surface area contributed by atoms with Gasteiger partial charge in [-0.3, -0.25) is 14.5 Å². The van der Waals surface area contributed by atoms with Crippen LogP contribution in [-0.4, -0.2) is 52.4 Å². The first-order chi connectivity index (χ1) is 15.1. The number of fused-ring (bicyclic) bond motifs is 1. The number of nitrogens with zero attached hydrogens (tertiary/aromatic N) is 3. The van der Waals surface area contributed by atoms with E-state index in [4.69, 9.17) is 9.72 Å². The lowest BCUT2D eigenvalue weighted by Crippen LogP contribution is -2.38. The van der Waals surface area contributed by atoms with Gasteiger partial charge in [0.2, 0.25) is 5.91 Å². The fourth-order valence-electron chi connectivity index (χ4n) is 4.93. The number of H-pyrrole nitrogens is 1. The number of likely N-dealkylation sites (tertiary alicyclic amines) is 1. The van der Waals surface area contributed by atoms with Crippen LogP contribution in [0.3, 0.4) is 0 Å². The molecule has 2 aliphatic heterocycles. The van der Waals surface area contributed by atoms with Gasteiger partial charge in [-0.15, -0.1) is 0 Å². The highest BCUT2D eigenvalue weighted by atomic mass is 16.5. The summed E-state index contributed by atoms with van der Waals surface area (Å²) in [6.07, 6.45) is 4.80. The summed E-state index contributed by atoms with van der Waals surface area (Å²) in [6.45, 7) is 3.78. The second kappa shape index (κ2) is 8.46. The van der Waals surface area contributed by atoms with E-state index < -0.39 is 0 Å². The Kier molecular flexibility index (Phi) is 5.52. The molecule has 1 N–H and O–H groups in total. The predicted octanol–water partition coefficient (Wildman–Crippen LogP) is 2.45. The minimum atomic E-state index is -0.00660. The van der Waals surface area contributed by atoms with Crippen molar-refractivity contribution < 1.29 is 9.53 Å². The highest BCUT2D eigenvalue weighted by molar-refractivity contribution is 5.80. The monoisotopic (exact) mass is 422 g/mol. The average molecular weight is 423 g/mol. The molecule has 0 unspecified atom stereocenters. The number of carbonyl (C=O) groups excluding carboxylic acids is 1. The van der Waals surface area contributed by atoms with Gasteiger partial charge in [0.1, 0.15) is 11.6 Å². The minimum absolute atomic E-state index is 0.00660. The Labute approximate surface area is 182 Å². The fraction of sp³-hybridized carbons (Fsp3) is 0.542. The maximum absolute atomic E-state index is 12.7. The molecule has 1 atom stereocenters. The van der Waals surface area contributed by atoms with Crippen LogP contribution in [0.1, 0.15) is 54.2 Å². The molecule has 1 saturated heterocycles. The highest BCUT2D eigenvalue weighted by Gasteiger charge is 2.35. The van der Waals surface area contributed by atoms with E-state index in [2.05, 4.69) is 22.0 Å². The lowest BCUT2D eigenvalue weighted by Gasteiger charge is -2.29. The molecule has 164 valence electrons. The van der Waals surface area contributed by atoms with E-state index in [9.17, 15) is 9.59 Å². The van der Waals surface area contributed by atoms with Crippen molar-refractivity contribution in [3.63, 3.8) is 0 Å². The number of rotatable bonds is 5. The van der Waals surface area contributed by atoms with Crippen LogP contribution in [0.2, 0.25) is 0 Å². The smallest absolute Gasteiger partial charge is 0.254 e. The molecule has 5 rings (SSSR count). The molecule has 1 saturated carbocycles. The summed E-state index contributed by atoms with van der Waals surface area (Å²) < 4.78 is 5.24. The van der Waals surface area contributed by atoms with Gasteiger partial charge < -0.3 is 14.6 Å². The molecule has 0 spiro atoms. The summed E-state index contributed by atoms with van der Waals surface area (Å²) >= 11 is 0. The van der Waals surface area contributed by atoms with Gasteiger partial charge in [-0.1, -0.05) is 18.6 Å². The number of amides is 1. The van der Waals surface area contributed by atoms with Crippen molar-refractivity contribution in [1.82, 2.24) is 19.8 Å². The Morgan fingerprint density at radius 1 is 1.19 bits per heavy atom. The molecule has 0 bridgehead atoms. The van der Waals surface area contributed by atoms with Crippen LogP contribution in [0, 0.1) is 5.92 Å². The SMILES string of the molecule is COc1ccc(CN2CCc3c(nc([C@@H]4CCN(C(=O)C5CCC5)C4)[nH]c3=O)C2)cc1. The van der Waals surface area contributed by atoms with Crippen LogP contribution in [0.25, 0.3) is 0 Å². The molecular weight excluding hydrogens is 392 g/mol. The molecule has 31 heavy (non-hydrogen) atoms. The van der Waals surface area contributed by atoms with Crippen molar-refractivity contribution in [1.29, 1.82) is 0 Å². The quantitative estimate of drug-likeness (QED) is 0.801. The molecular formula is C24H30N4O3. The number of aromatic nitrogens is 2. The Morgan fingerprint density at radius 2 is 2.00 bits per heavy atom. The lowest BCUT2D eigenvalue weighted by molar-refractivity contribution is -0.137. The third kappa shape index (κ3) is 4.11. The van der Waals surface area contributed by atoms with Gasteiger partial charge in [0, 0.05) is 50.1 Å². The van der Waals surface area contributed by atoms with Crippen molar-refractivity contribution in [3.8, 4) is 5.75 Å². The normalized spacial score (nSPS) is 21.6. The highest BCUT2D eigenvalue weighted by Crippen LogP contribution is 2.32. The Bertz CT molecular complexity index is 1010. The maximum atomic E-state index is 12.7. The molecule has 1 aromatic carbocycles. The van der Waals surface area contributed by atoms with E-state index in [0.717, 1.165) is 61.7 Å². The Hall–Kier alpha value is -2.67. The maximum Gasteiger partial charge on any atom is 0.254 e. The number of hydrogen-bond acceptors (Lipinski definition) is 5. The number of nitrogens with one attached hydrogen (secondary N) is 1. The summed E-state index contributed by atoms with van der Waals surface area (Å²) in [5.74, 6) is 2.24. The molecule has 1 amide bonds. The van der Waals surface area contributed by atoms with Crippen molar-refractivity contribution in [2.24, 2.45) is 5.92 Å². The molecule has 2 fully saturated rings. The van der Waals surface area contributed by atoms with Crippen LogP contribution < -0.4 is 10.3 Å². The zero-order valence-electron chi connectivity index (χ0n) is 18.1. The summed E-state index contributed by atoms with van der Waals surface area (Å²) in [5, 5.41) is 0. The number of carbonyl (C=O) groups is 1. The van der Waals surface area contributed by atoms with Crippen LogP contribution in [0.15, 0.2) is 29.1 Å². The van der Waals surface area contributed by atoms with Crippen molar-refractivity contribution in [2.45, 2.75) is 51.1 Å². The van der Waals surface area contributed by atoms with E-state index in [1.165, 1.54) is 12.0 Å². The third-order valence-corrected chi connectivity index (χ3v) is 7.08. The van der Waals surface area contributed by atoms with E-state index in [1.807, 2.05) is 17.0 Å². The predicted molar refractivity (Wildman–Crippen MR) is 117 cm³/mol. The summed E-state index contributed by atoms with van der Waals surface area (Å²) in [7, 11) is 1.67.